The number of carbonyl (C=O) groups excluding carboxylic acids is 1. The molecule has 1 amide bonds. The predicted molar refractivity (Wildman–Crippen MR) is 68.1 cm³/mol. The molecule has 1 atom stereocenters. The number of amides is 1. The molecule has 0 spiro atoms. The number of rotatable bonds is 6. The molecule has 0 radical (unpaired) electrons. The van der Waals surface area contributed by atoms with Crippen LogP contribution in [0.15, 0.2) is 30.3 Å². The van der Waals surface area contributed by atoms with Crippen LogP contribution in [0.25, 0.3) is 0 Å². The number of carboxylic acids is 2. The SMILES string of the molecule is C[C@@](CC(=O)O)(NC(=O)OCc1ccccc1)C(=O)O. The molecule has 0 aromatic heterocycles. The summed E-state index contributed by atoms with van der Waals surface area (Å²) in [6.07, 6.45) is -1.73. The van der Waals surface area contributed by atoms with E-state index in [4.69, 9.17) is 14.9 Å². The van der Waals surface area contributed by atoms with Gasteiger partial charge >= 0.3 is 18.0 Å². The van der Waals surface area contributed by atoms with E-state index in [0.29, 0.717) is 0 Å². The van der Waals surface area contributed by atoms with E-state index < -0.39 is 30.0 Å². The van der Waals surface area contributed by atoms with Crippen LogP contribution >= 0.6 is 0 Å². The Morgan fingerprint density at radius 1 is 1.20 bits per heavy atom. The summed E-state index contributed by atoms with van der Waals surface area (Å²) in [6.45, 7) is 1.07. The van der Waals surface area contributed by atoms with Gasteiger partial charge in [0.1, 0.15) is 12.1 Å². The Labute approximate surface area is 115 Å². The van der Waals surface area contributed by atoms with Crippen LogP contribution in [0.2, 0.25) is 0 Å². The topological polar surface area (TPSA) is 113 Å². The lowest BCUT2D eigenvalue weighted by Crippen LogP contribution is -2.53. The van der Waals surface area contributed by atoms with E-state index in [1.165, 1.54) is 0 Å². The fourth-order valence-electron chi connectivity index (χ4n) is 1.46. The van der Waals surface area contributed by atoms with Crippen molar-refractivity contribution in [3.05, 3.63) is 35.9 Å². The van der Waals surface area contributed by atoms with Crippen LogP contribution in [0.1, 0.15) is 18.9 Å². The first-order valence-corrected chi connectivity index (χ1v) is 5.77. The maximum atomic E-state index is 11.5. The van der Waals surface area contributed by atoms with Crippen molar-refractivity contribution >= 4 is 18.0 Å². The molecule has 0 heterocycles. The summed E-state index contributed by atoms with van der Waals surface area (Å²) in [4.78, 5) is 33.2. The molecule has 20 heavy (non-hydrogen) atoms. The Balaban J connectivity index is 2.59. The number of carboxylic acid groups (broad SMARTS) is 2. The number of alkyl carbamates (subject to hydrolysis) is 1. The number of nitrogens with one attached hydrogen (secondary N) is 1. The molecule has 0 aliphatic carbocycles. The van der Waals surface area contributed by atoms with Gasteiger partial charge in [-0.1, -0.05) is 30.3 Å². The van der Waals surface area contributed by atoms with Crippen LogP contribution in [0.5, 0.6) is 0 Å². The second-order valence-corrected chi connectivity index (χ2v) is 4.39. The van der Waals surface area contributed by atoms with Crippen LogP contribution in [0, 0.1) is 0 Å². The van der Waals surface area contributed by atoms with Crippen molar-refractivity contribution in [2.45, 2.75) is 25.5 Å². The van der Waals surface area contributed by atoms with Crippen molar-refractivity contribution in [2.75, 3.05) is 0 Å². The molecule has 0 saturated heterocycles. The molecule has 0 bridgehead atoms. The number of hydrogen-bond acceptors (Lipinski definition) is 4. The van der Waals surface area contributed by atoms with Crippen molar-refractivity contribution in [3.63, 3.8) is 0 Å². The lowest BCUT2D eigenvalue weighted by molar-refractivity contribution is -0.150. The average molecular weight is 281 g/mol. The molecule has 0 saturated carbocycles. The first-order chi connectivity index (χ1) is 9.33. The molecule has 0 unspecified atom stereocenters. The second-order valence-electron chi connectivity index (χ2n) is 4.39. The lowest BCUT2D eigenvalue weighted by Gasteiger charge is -2.23. The van der Waals surface area contributed by atoms with Gasteiger partial charge in [0.05, 0.1) is 6.42 Å². The summed E-state index contributed by atoms with van der Waals surface area (Å²) in [5.41, 5.74) is -1.18. The average Bonchev–Trinajstić information content (AvgIpc) is 2.36. The van der Waals surface area contributed by atoms with Gasteiger partial charge in [0.25, 0.3) is 0 Å². The van der Waals surface area contributed by atoms with E-state index in [2.05, 4.69) is 5.32 Å². The molecular formula is C13H15NO6. The molecule has 1 aromatic carbocycles. The monoisotopic (exact) mass is 281 g/mol. The molecule has 3 N–H and O–H groups in total. The van der Waals surface area contributed by atoms with Crippen molar-refractivity contribution in [1.82, 2.24) is 5.32 Å². The first kappa shape index (κ1) is 15.5. The normalized spacial score (nSPS) is 13.1. The number of ether oxygens (including phenoxy) is 1. The van der Waals surface area contributed by atoms with Crippen LogP contribution in [0.4, 0.5) is 4.79 Å². The van der Waals surface area contributed by atoms with E-state index in [1.807, 2.05) is 0 Å². The van der Waals surface area contributed by atoms with Gasteiger partial charge < -0.3 is 20.3 Å². The maximum Gasteiger partial charge on any atom is 0.408 e. The summed E-state index contributed by atoms with van der Waals surface area (Å²) in [5.74, 6) is -2.78. The van der Waals surface area contributed by atoms with Gasteiger partial charge in [0, 0.05) is 0 Å². The van der Waals surface area contributed by atoms with Crippen molar-refractivity contribution < 1.29 is 29.3 Å². The summed E-state index contributed by atoms with van der Waals surface area (Å²) in [6, 6.07) is 8.81. The van der Waals surface area contributed by atoms with Gasteiger partial charge in [0.2, 0.25) is 0 Å². The smallest absolute Gasteiger partial charge is 0.408 e. The predicted octanol–water partition coefficient (Wildman–Crippen LogP) is 1.23. The molecule has 7 heteroatoms. The number of benzene rings is 1. The molecule has 7 nitrogen and oxygen atoms in total. The molecule has 1 rings (SSSR count). The van der Waals surface area contributed by atoms with E-state index in [9.17, 15) is 14.4 Å². The minimum absolute atomic E-state index is 0.0323. The summed E-state index contributed by atoms with van der Waals surface area (Å²) >= 11 is 0. The maximum absolute atomic E-state index is 11.5. The Kier molecular flexibility index (Phi) is 5.08. The Hall–Kier alpha value is -2.57. The van der Waals surface area contributed by atoms with Gasteiger partial charge in [-0.25, -0.2) is 9.59 Å². The highest BCUT2D eigenvalue weighted by Crippen LogP contribution is 2.11. The number of hydrogen-bond donors (Lipinski definition) is 3. The molecular weight excluding hydrogens is 266 g/mol. The Morgan fingerprint density at radius 3 is 2.30 bits per heavy atom. The fourth-order valence-corrected chi connectivity index (χ4v) is 1.46. The zero-order valence-electron chi connectivity index (χ0n) is 10.8. The van der Waals surface area contributed by atoms with Crippen LogP contribution in [0.3, 0.4) is 0 Å². The highest BCUT2D eigenvalue weighted by atomic mass is 16.5. The number of aliphatic carboxylic acids is 2. The third-order valence-corrected chi connectivity index (χ3v) is 2.57. The van der Waals surface area contributed by atoms with E-state index in [1.54, 1.807) is 30.3 Å². The highest BCUT2D eigenvalue weighted by Gasteiger charge is 2.38. The van der Waals surface area contributed by atoms with E-state index >= 15 is 0 Å². The Bertz CT molecular complexity index is 501. The van der Waals surface area contributed by atoms with Gasteiger partial charge in [-0.05, 0) is 12.5 Å². The fraction of sp³-hybridized carbons (Fsp3) is 0.308. The van der Waals surface area contributed by atoms with Gasteiger partial charge in [-0.15, -0.1) is 0 Å². The van der Waals surface area contributed by atoms with Crippen molar-refractivity contribution in [2.24, 2.45) is 0 Å². The van der Waals surface area contributed by atoms with Gasteiger partial charge in [-0.3, -0.25) is 4.79 Å². The Morgan fingerprint density at radius 2 is 1.80 bits per heavy atom. The lowest BCUT2D eigenvalue weighted by atomic mass is 9.98. The standard InChI is InChI=1S/C13H15NO6/c1-13(11(17)18,7-10(15)16)14-12(19)20-8-9-5-3-2-4-6-9/h2-6H,7-8H2,1H3,(H,14,19)(H,15,16)(H,17,18)/t13-/m0/s1. The summed E-state index contributed by atoms with van der Waals surface area (Å²) < 4.78 is 4.85. The zero-order chi connectivity index (χ0) is 15.2. The largest absolute Gasteiger partial charge is 0.481 e. The summed E-state index contributed by atoms with van der Waals surface area (Å²) in [5, 5.41) is 19.7. The highest BCUT2D eigenvalue weighted by molar-refractivity contribution is 5.88. The minimum Gasteiger partial charge on any atom is -0.481 e. The second kappa shape index (κ2) is 6.55. The van der Waals surface area contributed by atoms with Crippen LogP contribution in [-0.4, -0.2) is 33.8 Å². The first-order valence-electron chi connectivity index (χ1n) is 5.77. The van der Waals surface area contributed by atoms with Crippen LogP contribution in [-0.2, 0) is 20.9 Å². The molecule has 108 valence electrons. The zero-order valence-corrected chi connectivity index (χ0v) is 10.8. The van der Waals surface area contributed by atoms with E-state index in [-0.39, 0.29) is 6.61 Å². The molecule has 0 aliphatic heterocycles. The van der Waals surface area contributed by atoms with Gasteiger partial charge in [-0.2, -0.15) is 0 Å². The van der Waals surface area contributed by atoms with Crippen molar-refractivity contribution in [1.29, 1.82) is 0 Å². The molecule has 0 fully saturated rings. The third kappa shape index (κ3) is 4.60. The molecule has 0 aliphatic rings. The quantitative estimate of drug-likeness (QED) is 0.722. The molecule has 1 aromatic rings. The van der Waals surface area contributed by atoms with E-state index in [0.717, 1.165) is 12.5 Å². The van der Waals surface area contributed by atoms with Crippen molar-refractivity contribution in [3.8, 4) is 0 Å². The van der Waals surface area contributed by atoms with Gasteiger partial charge in [0.15, 0.2) is 0 Å². The third-order valence-electron chi connectivity index (χ3n) is 2.57. The summed E-state index contributed by atoms with van der Waals surface area (Å²) in [7, 11) is 0. The minimum atomic E-state index is -1.92. The van der Waals surface area contributed by atoms with Crippen LogP contribution < -0.4 is 5.32 Å². The number of carbonyl (C=O) groups is 3.